The third-order valence-electron chi connectivity index (χ3n) is 1.77. The van der Waals surface area contributed by atoms with E-state index >= 15 is 0 Å². The van der Waals surface area contributed by atoms with E-state index in [1.165, 1.54) is 11.5 Å². The molecule has 0 aliphatic heterocycles. The number of aldehydes is 1. The molecule has 2 N–H and O–H groups in total. The minimum absolute atomic E-state index is 0.549. The summed E-state index contributed by atoms with van der Waals surface area (Å²) in [5.41, 5.74) is 8.30. The van der Waals surface area contributed by atoms with Crippen LogP contribution in [-0.2, 0) is 0 Å². The summed E-state index contributed by atoms with van der Waals surface area (Å²) in [6.07, 6.45) is 0.764. The van der Waals surface area contributed by atoms with Gasteiger partial charge in [0.25, 0.3) is 0 Å². The summed E-state index contributed by atoms with van der Waals surface area (Å²) in [5, 5.41) is 5.71. The van der Waals surface area contributed by atoms with Crippen molar-refractivity contribution in [1.82, 2.24) is 9.59 Å². The van der Waals surface area contributed by atoms with Crippen molar-refractivity contribution in [2.45, 2.75) is 0 Å². The Balaban J connectivity index is 2.54. The number of anilines is 1. The number of benzene rings is 1. The van der Waals surface area contributed by atoms with Crippen LogP contribution in [0.4, 0.5) is 5.69 Å². The SMILES string of the molecule is Nc1cc(C=O)cc(-c2csnn2)c1. The molecule has 0 fully saturated rings. The Labute approximate surface area is 84.5 Å². The number of aromatic nitrogens is 2. The van der Waals surface area contributed by atoms with Crippen LogP contribution < -0.4 is 5.73 Å². The second-order valence-corrected chi connectivity index (χ2v) is 3.41. The van der Waals surface area contributed by atoms with Gasteiger partial charge in [-0.3, -0.25) is 4.79 Å². The molecule has 0 atom stereocenters. The zero-order chi connectivity index (χ0) is 9.97. The number of carbonyl (C=O) groups is 1. The number of nitrogens with two attached hydrogens (primary N) is 1. The fourth-order valence-corrected chi connectivity index (χ4v) is 1.65. The van der Waals surface area contributed by atoms with E-state index in [4.69, 9.17) is 5.73 Å². The molecule has 5 heteroatoms. The molecule has 0 radical (unpaired) electrons. The second-order valence-electron chi connectivity index (χ2n) is 2.80. The Bertz CT molecular complexity index is 453. The first-order valence-corrected chi connectivity index (χ1v) is 4.76. The van der Waals surface area contributed by atoms with E-state index in [-0.39, 0.29) is 0 Å². The lowest BCUT2D eigenvalue weighted by Crippen LogP contribution is -1.90. The number of hydrogen-bond acceptors (Lipinski definition) is 5. The van der Waals surface area contributed by atoms with Crippen molar-refractivity contribution in [2.75, 3.05) is 5.73 Å². The van der Waals surface area contributed by atoms with Gasteiger partial charge in [0.1, 0.15) is 12.0 Å². The first-order chi connectivity index (χ1) is 6.79. The van der Waals surface area contributed by atoms with Gasteiger partial charge >= 0.3 is 0 Å². The minimum Gasteiger partial charge on any atom is -0.399 e. The van der Waals surface area contributed by atoms with Gasteiger partial charge in [0.05, 0.1) is 0 Å². The van der Waals surface area contributed by atoms with Gasteiger partial charge in [-0.1, -0.05) is 4.49 Å². The standard InChI is InChI=1S/C9H7N3OS/c10-8-2-6(4-13)1-7(3-8)9-5-14-12-11-9/h1-5H,10H2. The lowest BCUT2D eigenvalue weighted by molar-refractivity contribution is 0.112. The molecule has 2 aromatic rings. The van der Waals surface area contributed by atoms with Crippen molar-refractivity contribution in [3.05, 3.63) is 29.1 Å². The van der Waals surface area contributed by atoms with Crippen LogP contribution in [0.2, 0.25) is 0 Å². The summed E-state index contributed by atoms with van der Waals surface area (Å²) in [7, 11) is 0. The average Bonchev–Trinajstić information content (AvgIpc) is 2.69. The maximum atomic E-state index is 10.6. The molecule has 0 saturated carbocycles. The van der Waals surface area contributed by atoms with Gasteiger partial charge in [-0.15, -0.1) is 5.10 Å². The predicted octanol–water partition coefficient (Wildman–Crippen LogP) is 1.60. The predicted molar refractivity (Wildman–Crippen MR) is 55.1 cm³/mol. The van der Waals surface area contributed by atoms with Crippen LogP contribution in [-0.4, -0.2) is 15.9 Å². The van der Waals surface area contributed by atoms with Crippen LogP contribution >= 0.6 is 11.5 Å². The zero-order valence-corrected chi connectivity index (χ0v) is 7.99. The first kappa shape index (κ1) is 8.83. The molecule has 70 valence electrons. The van der Waals surface area contributed by atoms with E-state index in [2.05, 4.69) is 9.59 Å². The lowest BCUT2D eigenvalue weighted by Gasteiger charge is -1.99. The summed E-state index contributed by atoms with van der Waals surface area (Å²) < 4.78 is 3.75. The molecule has 0 unspecified atom stereocenters. The van der Waals surface area contributed by atoms with Crippen LogP contribution in [0.5, 0.6) is 0 Å². The Hall–Kier alpha value is -1.75. The first-order valence-electron chi connectivity index (χ1n) is 3.93. The quantitative estimate of drug-likeness (QED) is 0.597. The summed E-state index contributed by atoms with van der Waals surface area (Å²) in [4.78, 5) is 10.6. The maximum absolute atomic E-state index is 10.6. The van der Waals surface area contributed by atoms with Crippen LogP contribution in [0, 0.1) is 0 Å². The van der Waals surface area contributed by atoms with Crippen LogP contribution in [0.3, 0.4) is 0 Å². The summed E-state index contributed by atoms with van der Waals surface area (Å²) in [6.45, 7) is 0. The summed E-state index contributed by atoms with van der Waals surface area (Å²) in [6, 6.07) is 5.13. The molecule has 1 aromatic heterocycles. The molecular weight excluding hydrogens is 198 g/mol. The molecular formula is C9H7N3OS. The summed E-state index contributed by atoms with van der Waals surface area (Å²) in [5.74, 6) is 0. The van der Waals surface area contributed by atoms with E-state index in [0.717, 1.165) is 17.5 Å². The average molecular weight is 205 g/mol. The lowest BCUT2D eigenvalue weighted by atomic mass is 10.1. The molecule has 4 nitrogen and oxygen atoms in total. The fraction of sp³-hybridized carbons (Fsp3) is 0. The third-order valence-corrected chi connectivity index (χ3v) is 2.27. The smallest absolute Gasteiger partial charge is 0.150 e. The molecule has 0 aliphatic rings. The monoisotopic (exact) mass is 205 g/mol. The fourth-order valence-electron chi connectivity index (χ4n) is 1.18. The topological polar surface area (TPSA) is 68.9 Å². The Morgan fingerprint density at radius 3 is 2.86 bits per heavy atom. The molecule has 14 heavy (non-hydrogen) atoms. The summed E-state index contributed by atoms with van der Waals surface area (Å²) >= 11 is 1.26. The number of rotatable bonds is 2. The molecule has 1 aromatic carbocycles. The van der Waals surface area contributed by atoms with E-state index in [1.807, 2.05) is 5.38 Å². The molecule has 0 saturated heterocycles. The van der Waals surface area contributed by atoms with Crippen molar-refractivity contribution < 1.29 is 4.79 Å². The van der Waals surface area contributed by atoms with Crippen LogP contribution in [0.25, 0.3) is 11.3 Å². The van der Waals surface area contributed by atoms with Gasteiger partial charge in [-0.2, -0.15) is 0 Å². The zero-order valence-electron chi connectivity index (χ0n) is 7.18. The van der Waals surface area contributed by atoms with Crippen LogP contribution in [0.15, 0.2) is 23.6 Å². The van der Waals surface area contributed by atoms with Gasteiger partial charge in [0.2, 0.25) is 0 Å². The Morgan fingerprint density at radius 1 is 1.36 bits per heavy atom. The van der Waals surface area contributed by atoms with Crippen molar-refractivity contribution in [1.29, 1.82) is 0 Å². The van der Waals surface area contributed by atoms with Gasteiger partial charge in [-0.25, -0.2) is 0 Å². The van der Waals surface area contributed by atoms with Crippen molar-refractivity contribution in [3.8, 4) is 11.3 Å². The molecule has 0 amide bonds. The highest BCUT2D eigenvalue weighted by molar-refractivity contribution is 7.03. The third kappa shape index (κ3) is 1.62. The highest BCUT2D eigenvalue weighted by Gasteiger charge is 2.03. The van der Waals surface area contributed by atoms with E-state index in [1.54, 1.807) is 18.2 Å². The van der Waals surface area contributed by atoms with Crippen molar-refractivity contribution >= 4 is 23.5 Å². The van der Waals surface area contributed by atoms with Gasteiger partial charge < -0.3 is 5.73 Å². The van der Waals surface area contributed by atoms with E-state index in [9.17, 15) is 4.79 Å². The molecule has 0 spiro atoms. The maximum Gasteiger partial charge on any atom is 0.150 e. The normalized spacial score (nSPS) is 10.0. The Kier molecular flexibility index (Phi) is 2.24. The molecule has 1 heterocycles. The molecule has 0 bridgehead atoms. The minimum atomic E-state index is 0.549. The second kappa shape index (κ2) is 3.55. The Morgan fingerprint density at radius 2 is 2.21 bits per heavy atom. The number of nitrogen functional groups attached to an aromatic ring is 1. The highest BCUT2D eigenvalue weighted by Crippen LogP contribution is 2.21. The van der Waals surface area contributed by atoms with Gasteiger partial charge in [-0.05, 0) is 29.7 Å². The molecule has 2 rings (SSSR count). The number of carbonyl (C=O) groups excluding carboxylic acids is 1. The highest BCUT2D eigenvalue weighted by atomic mass is 32.1. The van der Waals surface area contributed by atoms with Crippen molar-refractivity contribution in [3.63, 3.8) is 0 Å². The van der Waals surface area contributed by atoms with Gasteiger partial charge in [0.15, 0.2) is 0 Å². The number of hydrogen-bond donors (Lipinski definition) is 1. The van der Waals surface area contributed by atoms with E-state index < -0.39 is 0 Å². The molecule has 0 aliphatic carbocycles. The van der Waals surface area contributed by atoms with Crippen molar-refractivity contribution in [2.24, 2.45) is 0 Å². The van der Waals surface area contributed by atoms with Crippen LogP contribution in [0.1, 0.15) is 10.4 Å². The number of nitrogens with zero attached hydrogens (tertiary/aromatic N) is 2. The van der Waals surface area contributed by atoms with Gasteiger partial charge in [0, 0.05) is 22.2 Å². The van der Waals surface area contributed by atoms with E-state index in [0.29, 0.717) is 11.3 Å². The largest absolute Gasteiger partial charge is 0.399 e.